The Kier molecular flexibility index (Phi) is 3.61. The molecule has 0 spiro atoms. The molecule has 0 fully saturated rings. The molecule has 1 N–H and O–H groups in total. The number of imidazole rings is 1. The molecular weight excluding hydrogens is 248 g/mol. The first-order chi connectivity index (χ1) is 9.86. The number of rotatable bonds is 4. The lowest BCUT2D eigenvalue weighted by atomic mass is 9.95. The third-order valence-electron chi connectivity index (χ3n) is 3.43. The van der Waals surface area contributed by atoms with Crippen LogP contribution in [-0.4, -0.2) is 14.7 Å². The monoisotopic (exact) mass is 264 g/mol. The predicted molar refractivity (Wildman–Crippen MR) is 78.2 cm³/mol. The van der Waals surface area contributed by atoms with Crippen LogP contribution in [0.15, 0.2) is 79.4 Å². The van der Waals surface area contributed by atoms with Crippen molar-refractivity contribution in [2.24, 2.45) is 0 Å². The first-order valence-corrected chi connectivity index (χ1v) is 6.61. The van der Waals surface area contributed by atoms with Crippen molar-refractivity contribution in [3.8, 4) is 0 Å². The summed E-state index contributed by atoms with van der Waals surface area (Å²) in [7, 11) is 0. The molecule has 100 valence electrons. The Morgan fingerprint density at radius 2 is 1.45 bits per heavy atom. The molecule has 3 rings (SSSR count). The molecule has 2 atom stereocenters. The quantitative estimate of drug-likeness (QED) is 0.785. The molecule has 1 heterocycles. The summed E-state index contributed by atoms with van der Waals surface area (Å²) in [5.74, 6) is 0. The summed E-state index contributed by atoms with van der Waals surface area (Å²) in [5, 5.41) is 10.8. The number of aromatic nitrogens is 2. The molecule has 0 saturated carbocycles. The van der Waals surface area contributed by atoms with Crippen molar-refractivity contribution < 1.29 is 5.11 Å². The largest absolute Gasteiger partial charge is 0.386 e. The maximum absolute atomic E-state index is 10.8. The fourth-order valence-corrected chi connectivity index (χ4v) is 2.43. The van der Waals surface area contributed by atoms with E-state index in [1.165, 1.54) is 0 Å². The van der Waals surface area contributed by atoms with Gasteiger partial charge in [0.15, 0.2) is 0 Å². The Morgan fingerprint density at radius 3 is 2.00 bits per heavy atom. The summed E-state index contributed by atoms with van der Waals surface area (Å²) in [6.07, 6.45) is 4.73. The normalized spacial score (nSPS) is 13.8. The van der Waals surface area contributed by atoms with E-state index in [1.54, 1.807) is 12.5 Å². The zero-order valence-electron chi connectivity index (χ0n) is 11.0. The minimum atomic E-state index is -0.618. The summed E-state index contributed by atoms with van der Waals surface area (Å²) in [5.41, 5.74) is 1.96. The Hall–Kier alpha value is -2.39. The number of benzene rings is 2. The van der Waals surface area contributed by atoms with E-state index in [2.05, 4.69) is 4.98 Å². The maximum Gasteiger partial charge on any atom is 0.104 e. The highest BCUT2D eigenvalue weighted by atomic mass is 16.3. The SMILES string of the molecule is O[C@@H](c1ccccc1)[C@H](c1ccccc1)n1ccnc1. The Bertz CT molecular complexity index is 635. The van der Waals surface area contributed by atoms with Crippen LogP contribution in [0, 0.1) is 0 Å². The summed E-state index contributed by atoms with van der Waals surface area (Å²) in [6.45, 7) is 0. The second kappa shape index (κ2) is 5.72. The van der Waals surface area contributed by atoms with Gasteiger partial charge in [-0.1, -0.05) is 60.7 Å². The van der Waals surface area contributed by atoms with Crippen LogP contribution in [0.1, 0.15) is 23.3 Å². The van der Waals surface area contributed by atoms with Crippen LogP contribution in [0.3, 0.4) is 0 Å². The van der Waals surface area contributed by atoms with Crippen molar-refractivity contribution in [2.45, 2.75) is 12.1 Å². The van der Waals surface area contributed by atoms with Gasteiger partial charge >= 0.3 is 0 Å². The van der Waals surface area contributed by atoms with Crippen molar-refractivity contribution in [3.05, 3.63) is 90.5 Å². The lowest BCUT2D eigenvalue weighted by molar-refractivity contribution is 0.131. The maximum atomic E-state index is 10.8. The van der Waals surface area contributed by atoms with E-state index in [-0.39, 0.29) is 6.04 Å². The molecule has 0 saturated heterocycles. The van der Waals surface area contributed by atoms with Crippen LogP contribution >= 0.6 is 0 Å². The van der Waals surface area contributed by atoms with E-state index in [0.29, 0.717) is 0 Å². The van der Waals surface area contributed by atoms with Gasteiger partial charge in [-0.05, 0) is 11.1 Å². The molecule has 0 aliphatic heterocycles. The first-order valence-electron chi connectivity index (χ1n) is 6.61. The van der Waals surface area contributed by atoms with Gasteiger partial charge < -0.3 is 9.67 Å². The molecule has 0 radical (unpaired) electrons. The fraction of sp³-hybridized carbons (Fsp3) is 0.118. The van der Waals surface area contributed by atoms with Crippen molar-refractivity contribution in [1.82, 2.24) is 9.55 Å². The van der Waals surface area contributed by atoms with E-state index in [9.17, 15) is 5.11 Å². The number of aliphatic hydroxyl groups is 1. The van der Waals surface area contributed by atoms with Gasteiger partial charge in [-0.3, -0.25) is 0 Å². The van der Waals surface area contributed by atoms with Gasteiger partial charge in [0.1, 0.15) is 6.10 Å². The number of aliphatic hydroxyl groups excluding tert-OH is 1. The molecule has 1 aromatic heterocycles. The lowest BCUT2D eigenvalue weighted by Crippen LogP contribution is -2.18. The van der Waals surface area contributed by atoms with Gasteiger partial charge in [-0.2, -0.15) is 0 Å². The van der Waals surface area contributed by atoms with Gasteiger partial charge in [0.25, 0.3) is 0 Å². The van der Waals surface area contributed by atoms with E-state index < -0.39 is 6.10 Å². The smallest absolute Gasteiger partial charge is 0.104 e. The average Bonchev–Trinajstić information content (AvgIpc) is 3.03. The summed E-state index contributed by atoms with van der Waals surface area (Å²) in [6, 6.07) is 19.5. The predicted octanol–water partition coefficient (Wildman–Crippen LogP) is 3.21. The molecule has 3 aromatic rings. The Balaban J connectivity index is 2.03. The minimum Gasteiger partial charge on any atom is -0.386 e. The summed E-state index contributed by atoms with van der Waals surface area (Å²) >= 11 is 0. The molecule has 20 heavy (non-hydrogen) atoms. The van der Waals surface area contributed by atoms with Crippen LogP contribution in [0.5, 0.6) is 0 Å². The molecule has 0 amide bonds. The Labute approximate surface area is 118 Å². The average molecular weight is 264 g/mol. The Morgan fingerprint density at radius 1 is 0.850 bits per heavy atom. The third-order valence-corrected chi connectivity index (χ3v) is 3.43. The highest BCUT2D eigenvalue weighted by molar-refractivity contribution is 5.27. The standard InChI is InChI=1S/C17H16N2O/c20-17(15-9-5-2-6-10-15)16(19-12-11-18-13-19)14-7-3-1-4-8-14/h1-13,16-17,20H/t16-,17-/m0/s1. The second-order valence-corrected chi connectivity index (χ2v) is 4.72. The van der Waals surface area contributed by atoms with Gasteiger partial charge in [0.05, 0.1) is 12.4 Å². The van der Waals surface area contributed by atoms with Crippen molar-refractivity contribution in [1.29, 1.82) is 0 Å². The van der Waals surface area contributed by atoms with Gasteiger partial charge in [0.2, 0.25) is 0 Å². The molecule has 0 aliphatic carbocycles. The van der Waals surface area contributed by atoms with Crippen LogP contribution in [-0.2, 0) is 0 Å². The van der Waals surface area contributed by atoms with E-state index >= 15 is 0 Å². The molecule has 3 nitrogen and oxygen atoms in total. The molecule has 2 aromatic carbocycles. The van der Waals surface area contributed by atoms with Gasteiger partial charge in [-0.15, -0.1) is 0 Å². The lowest BCUT2D eigenvalue weighted by Gasteiger charge is -2.25. The third kappa shape index (κ3) is 2.49. The fourth-order valence-electron chi connectivity index (χ4n) is 2.43. The number of nitrogens with zero attached hydrogens (tertiary/aromatic N) is 2. The summed E-state index contributed by atoms with van der Waals surface area (Å²) < 4.78 is 1.94. The van der Waals surface area contributed by atoms with Gasteiger partial charge in [-0.25, -0.2) is 4.98 Å². The van der Waals surface area contributed by atoms with E-state index in [4.69, 9.17) is 0 Å². The van der Waals surface area contributed by atoms with Crippen molar-refractivity contribution >= 4 is 0 Å². The van der Waals surface area contributed by atoms with Crippen LogP contribution in [0.25, 0.3) is 0 Å². The number of hydrogen-bond acceptors (Lipinski definition) is 2. The highest BCUT2D eigenvalue weighted by Gasteiger charge is 2.23. The van der Waals surface area contributed by atoms with Crippen LogP contribution < -0.4 is 0 Å². The topological polar surface area (TPSA) is 38.0 Å². The van der Waals surface area contributed by atoms with Crippen molar-refractivity contribution in [2.75, 3.05) is 0 Å². The molecule has 0 aliphatic rings. The second-order valence-electron chi connectivity index (χ2n) is 4.72. The molecule has 0 bridgehead atoms. The van der Waals surface area contributed by atoms with E-state index in [0.717, 1.165) is 11.1 Å². The van der Waals surface area contributed by atoms with E-state index in [1.807, 2.05) is 71.4 Å². The van der Waals surface area contributed by atoms with Gasteiger partial charge in [0, 0.05) is 12.4 Å². The molecule has 3 heteroatoms. The number of hydrogen-bond donors (Lipinski definition) is 1. The van der Waals surface area contributed by atoms with Crippen LogP contribution in [0.4, 0.5) is 0 Å². The van der Waals surface area contributed by atoms with Crippen molar-refractivity contribution in [3.63, 3.8) is 0 Å². The first kappa shape index (κ1) is 12.6. The zero-order chi connectivity index (χ0) is 13.8. The zero-order valence-corrected chi connectivity index (χ0v) is 11.0. The van der Waals surface area contributed by atoms with Crippen LogP contribution in [0.2, 0.25) is 0 Å². The summed E-state index contributed by atoms with van der Waals surface area (Å²) in [4.78, 5) is 4.10. The molecule has 0 unspecified atom stereocenters. The molecular formula is C17H16N2O. The highest BCUT2D eigenvalue weighted by Crippen LogP contribution is 2.31. The minimum absolute atomic E-state index is 0.180.